The zero-order valence-electron chi connectivity index (χ0n) is 36.5. The van der Waals surface area contributed by atoms with Crippen LogP contribution in [0.4, 0.5) is 9.18 Å². The third-order valence-electron chi connectivity index (χ3n) is 12.7. The number of aromatic amines is 2. The Hall–Kier alpha value is -6.75. The fraction of sp³-hybridized carbons (Fsp3) is 0.404. The number of carbonyl (C=O) groups excluding carboxylic acids is 4. The average Bonchev–Trinajstić information content (AvgIpc) is 4.15. The van der Waals surface area contributed by atoms with Gasteiger partial charge in [-0.15, -0.1) is 0 Å². The molecule has 64 heavy (non-hydrogen) atoms. The van der Waals surface area contributed by atoms with E-state index in [0.29, 0.717) is 64.7 Å². The van der Waals surface area contributed by atoms with Crippen LogP contribution in [0.15, 0.2) is 57.4 Å². The molecule has 0 bridgehead atoms. The van der Waals surface area contributed by atoms with Crippen molar-refractivity contribution in [2.24, 2.45) is 11.8 Å². The van der Waals surface area contributed by atoms with Crippen molar-refractivity contribution < 1.29 is 42.2 Å². The van der Waals surface area contributed by atoms with Crippen molar-refractivity contribution in [2.45, 2.75) is 84.5 Å². The number of hydrogen-bond acceptors (Lipinski definition) is 10. The van der Waals surface area contributed by atoms with Crippen LogP contribution in [0.5, 0.6) is 0 Å². The van der Waals surface area contributed by atoms with Gasteiger partial charge in [0.25, 0.3) is 0 Å². The van der Waals surface area contributed by atoms with Gasteiger partial charge in [0.15, 0.2) is 11.6 Å². The number of alkyl carbamates (subject to hydrolysis) is 1. The second kappa shape index (κ2) is 16.7. The standard InChI is InChI=1S/C47H51FN8O8/c1-22(2)39(53-37(58)21-57)45(59)55-15-7-9-33(55)43-50-30-14-12-26(18-32(30)52-43)42-38(48)28-20-35-27(19-36(28)64-42)24(5)41(63-35)25-11-13-29-31(17-25)51-44(49-29)34-10-8-16-56(34)46(60)40(23(3)4)54-47(61)62-6/h11-14,17-20,22-23,33-34,39-40,57H,7-10,15-16,21H2,1-6H3,(H,49,51)(H,50,52)(H,53,58)(H,54,61). The van der Waals surface area contributed by atoms with E-state index >= 15 is 4.39 Å². The fourth-order valence-electron chi connectivity index (χ4n) is 9.32. The molecule has 2 fully saturated rings. The molecule has 6 heterocycles. The highest BCUT2D eigenvalue weighted by Gasteiger charge is 2.39. The Morgan fingerprint density at radius 3 is 1.81 bits per heavy atom. The Kier molecular flexibility index (Phi) is 11.1. The van der Waals surface area contributed by atoms with E-state index in [-0.39, 0.29) is 46.9 Å². The minimum Gasteiger partial charge on any atom is -0.456 e. The Morgan fingerprint density at radius 1 is 0.781 bits per heavy atom. The Labute approximate surface area is 366 Å². The number of rotatable bonds is 11. The second-order valence-electron chi connectivity index (χ2n) is 17.5. The molecule has 3 aromatic carbocycles. The molecule has 2 aliphatic rings. The first kappa shape index (κ1) is 42.5. The number of aromatic nitrogens is 4. The molecule has 0 aliphatic carbocycles. The molecule has 2 saturated heterocycles. The van der Waals surface area contributed by atoms with E-state index in [0.717, 1.165) is 46.8 Å². The lowest BCUT2D eigenvalue weighted by Crippen LogP contribution is -2.51. The van der Waals surface area contributed by atoms with Crippen LogP contribution in [-0.2, 0) is 19.1 Å². The number of aryl methyl sites for hydroxylation is 1. The number of fused-ring (bicyclic) bond motifs is 4. The summed E-state index contributed by atoms with van der Waals surface area (Å²) in [5, 5.41) is 15.7. The number of amides is 4. The third-order valence-corrected chi connectivity index (χ3v) is 12.7. The van der Waals surface area contributed by atoms with Gasteiger partial charge in [-0.05, 0) is 93.0 Å². The molecule has 4 unspecified atom stereocenters. The van der Waals surface area contributed by atoms with Crippen LogP contribution < -0.4 is 10.6 Å². The first-order valence-electron chi connectivity index (χ1n) is 21.8. The van der Waals surface area contributed by atoms with Crippen LogP contribution in [0.1, 0.15) is 82.7 Å². The normalized spacial score (nSPS) is 17.7. The zero-order chi connectivity index (χ0) is 45.1. The summed E-state index contributed by atoms with van der Waals surface area (Å²) in [5.41, 5.74) is 5.80. The first-order valence-corrected chi connectivity index (χ1v) is 21.8. The number of imidazole rings is 2. The molecular formula is C47H51FN8O8. The second-order valence-corrected chi connectivity index (χ2v) is 17.5. The van der Waals surface area contributed by atoms with Crippen LogP contribution in [0.3, 0.4) is 0 Å². The van der Waals surface area contributed by atoms with E-state index in [2.05, 4.69) is 20.6 Å². The Balaban J connectivity index is 0.965. The molecule has 334 valence electrons. The van der Waals surface area contributed by atoms with Gasteiger partial charge in [-0.3, -0.25) is 14.4 Å². The number of ether oxygens (including phenoxy) is 1. The first-order chi connectivity index (χ1) is 30.7. The van der Waals surface area contributed by atoms with Gasteiger partial charge in [0.2, 0.25) is 17.7 Å². The molecular weight excluding hydrogens is 824 g/mol. The monoisotopic (exact) mass is 874 g/mol. The number of H-pyrrole nitrogens is 2. The van der Waals surface area contributed by atoms with Crippen LogP contribution in [-0.4, -0.2) is 97.5 Å². The molecule has 4 atom stereocenters. The summed E-state index contributed by atoms with van der Waals surface area (Å²) in [6.45, 7) is 9.74. The summed E-state index contributed by atoms with van der Waals surface area (Å²) in [4.78, 5) is 71.4. The third kappa shape index (κ3) is 7.50. The topological polar surface area (TPSA) is 212 Å². The molecule has 0 saturated carbocycles. The van der Waals surface area contributed by atoms with Gasteiger partial charge in [0, 0.05) is 35.2 Å². The molecule has 5 N–H and O–H groups in total. The van der Waals surface area contributed by atoms with E-state index in [1.807, 2.05) is 52.8 Å². The quantitative estimate of drug-likeness (QED) is 0.0861. The average molecular weight is 875 g/mol. The maximum absolute atomic E-state index is 16.3. The fourth-order valence-corrected chi connectivity index (χ4v) is 9.32. The van der Waals surface area contributed by atoms with Crippen LogP contribution >= 0.6 is 0 Å². The lowest BCUT2D eigenvalue weighted by atomic mass is 10.0. The summed E-state index contributed by atoms with van der Waals surface area (Å²) in [7, 11) is 1.27. The van der Waals surface area contributed by atoms with Crippen molar-refractivity contribution >= 4 is 67.8 Å². The zero-order valence-corrected chi connectivity index (χ0v) is 36.5. The van der Waals surface area contributed by atoms with Gasteiger partial charge >= 0.3 is 6.09 Å². The summed E-state index contributed by atoms with van der Waals surface area (Å²) >= 11 is 0. The maximum atomic E-state index is 16.3. The van der Waals surface area contributed by atoms with Gasteiger partial charge in [-0.2, -0.15) is 0 Å². The van der Waals surface area contributed by atoms with Gasteiger partial charge in [0.05, 0.1) is 46.6 Å². The highest BCUT2D eigenvalue weighted by molar-refractivity contribution is 6.00. The van der Waals surface area contributed by atoms with Gasteiger partial charge < -0.3 is 49.1 Å². The molecule has 2 aliphatic heterocycles. The SMILES string of the molecule is COC(=O)NC(C(=O)N1CCCC1c1nc2ccc(-c3oc4cc5c(F)c(-c6ccc7nc(C8CCCN8C(=O)C(NC(=O)CO)C(C)C)[nH]c7c6)oc5cc4c3C)cc2[nH]1)C(C)C. The smallest absolute Gasteiger partial charge is 0.407 e. The van der Waals surface area contributed by atoms with Crippen molar-refractivity contribution in [1.29, 1.82) is 0 Å². The molecule has 0 radical (unpaired) electrons. The highest BCUT2D eigenvalue weighted by atomic mass is 19.1. The predicted molar refractivity (Wildman–Crippen MR) is 236 cm³/mol. The van der Waals surface area contributed by atoms with Gasteiger partial charge in [0.1, 0.15) is 47.3 Å². The van der Waals surface area contributed by atoms with E-state index < -0.39 is 36.5 Å². The molecule has 4 amide bonds. The lowest BCUT2D eigenvalue weighted by molar-refractivity contribution is -0.139. The molecule has 9 rings (SSSR count). The highest BCUT2D eigenvalue weighted by Crippen LogP contribution is 2.41. The number of halogens is 1. The van der Waals surface area contributed by atoms with E-state index in [4.69, 9.17) is 23.5 Å². The molecule has 16 nitrogen and oxygen atoms in total. The number of nitrogens with one attached hydrogen (secondary N) is 4. The van der Waals surface area contributed by atoms with Crippen LogP contribution in [0.25, 0.3) is 66.7 Å². The number of nitrogens with zero attached hydrogens (tertiary/aromatic N) is 4. The van der Waals surface area contributed by atoms with E-state index in [1.54, 1.807) is 40.1 Å². The van der Waals surface area contributed by atoms with Gasteiger partial charge in [-0.1, -0.05) is 27.7 Å². The minimum absolute atomic E-state index is 0.0677. The molecule has 7 aromatic rings. The Morgan fingerprint density at radius 2 is 1.28 bits per heavy atom. The minimum atomic E-state index is -0.789. The maximum Gasteiger partial charge on any atom is 0.407 e. The number of carbonyl (C=O) groups is 4. The largest absolute Gasteiger partial charge is 0.456 e. The van der Waals surface area contributed by atoms with Crippen molar-refractivity contribution in [1.82, 2.24) is 40.4 Å². The van der Waals surface area contributed by atoms with E-state index in [1.165, 1.54) is 7.11 Å². The molecule has 17 heteroatoms. The van der Waals surface area contributed by atoms with Gasteiger partial charge in [-0.25, -0.2) is 19.2 Å². The van der Waals surface area contributed by atoms with Crippen molar-refractivity contribution in [3.05, 3.63) is 71.6 Å². The van der Waals surface area contributed by atoms with Crippen molar-refractivity contribution in [2.75, 3.05) is 26.8 Å². The van der Waals surface area contributed by atoms with Crippen LogP contribution in [0.2, 0.25) is 0 Å². The number of aliphatic hydroxyl groups excluding tert-OH is 1. The summed E-state index contributed by atoms with van der Waals surface area (Å²) < 4.78 is 33.8. The molecule has 4 aromatic heterocycles. The predicted octanol–water partition coefficient (Wildman–Crippen LogP) is 7.55. The number of likely N-dealkylation sites (tertiary alicyclic amines) is 2. The molecule has 0 spiro atoms. The number of methoxy groups -OCH3 is 1. The number of furan rings is 2. The summed E-state index contributed by atoms with van der Waals surface area (Å²) in [6.07, 6.45) is 2.31. The number of benzene rings is 3. The van der Waals surface area contributed by atoms with Crippen molar-refractivity contribution in [3.8, 4) is 22.6 Å². The lowest BCUT2D eigenvalue weighted by Gasteiger charge is -2.30. The number of aliphatic hydroxyl groups is 1. The van der Waals surface area contributed by atoms with E-state index in [9.17, 15) is 24.3 Å². The number of hydrogen-bond donors (Lipinski definition) is 5. The van der Waals surface area contributed by atoms with Crippen LogP contribution in [0, 0.1) is 24.6 Å². The Bertz CT molecular complexity index is 2770. The summed E-state index contributed by atoms with van der Waals surface area (Å²) in [6, 6.07) is 12.4. The van der Waals surface area contributed by atoms with Crippen molar-refractivity contribution in [3.63, 3.8) is 0 Å². The summed E-state index contributed by atoms with van der Waals surface area (Å²) in [5.74, 6) is 0.0396.